The van der Waals surface area contributed by atoms with Gasteiger partial charge in [0.2, 0.25) is 0 Å². The fraction of sp³-hybridized carbons (Fsp3) is 0.600. The number of nitrogens with zero attached hydrogens (tertiary/aromatic N) is 2. The Morgan fingerprint density at radius 1 is 1.73 bits per heavy atom. The number of hydrogen-bond donors (Lipinski definition) is 2. The summed E-state index contributed by atoms with van der Waals surface area (Å²) in [7, 11) is 0. The normalized spacial score (nSPS) is 12.5. The Hall–Kier alpha value is -1.36. The van der Waals surface area contributed by atoms with E-state index in [0.717, 1.165) is 13.0 Å². The Balaban J connectivity index is 2.40. The summed E-state index contributed by atoms with van der Waals surface area (Å²) in [6.45, 7) is 5.27. The van der Waals surface area contributed by atoms with Crippen LogP contribution in [0.25, 0.3) is 0 Å². The van der Waals surface area contributed by atoms with Crippen LogP contribution < -0.4 is 11.1 Å². The second kappa shape index (κ2) is 5.50. The number of aryl methyl sites for hydroxylation is 1. The third-order valence-corrected chi connectivity index (χ3v) is 2.10. The Kier molecular flexibility index (Phi) is 4.30. The molecule has 1 atom stereocenters. The molecule has 3 N–H and O–H groups in total. The molecule has 0 bridgehead atoms. The summed E-state index contributed by atoms with van der Waals surface area (Å²) in [4.78, 5) is 11.6. The highest BCUT2D eigenvalue weighted by Crippen LogP contribution is 1.97. The van der Waals surface area contributed by atoms with Crippen molar-refractivity contribution in [2.24, 2.45) is 5.73 Å². The summed E-state index contributed by atoms with van der Waals surface area (Å²) >= 11 is 0. The van der Waals surface area contributed by atoms with Crippen LogP contribution in [0.5, 0.6) is 0 Å². The third-order valence-electron chi connectivity index (χ3n) is 2.10. The summed E-state index contributed by atoms with van der Waals surface area (Å²) in [5.41, 5.74) is 6.17. The van der Waals surface area contributed by atoms with E-state index in [1.165, 1.54) is 0 Å². The van der Waals surface area contributed by atoms with Gasteiger partial charge < -0.3 is 11.1 Å². The van der Waals surface area contributed by atoms with Gasteiger partial charge in [-0.25, -0.2) is 0 Å². The van der Waals surface area contributed by atoms with Gasteiger partial charge in [0.1, 0.15) is 0 Å². The summed E-state index contributed by atoms with van der Waals surface area (Å²) < 4.78 is 1.72. The van der Waals surface area contributed by atoms with Crippen molar-refractivity contribution in [1.29, 1.82) is 0 Å². The molecule has 5 nitrogen and oxygen atoms in total. The maximum Gasteiger partial charge on any atom is 0.254 e. The number of carbonyl (C=O) groups is 1. The van der Waals surface area contributed by atoms with Crippen LogP contribution in [-0.2, 0) is 6.54 Å². The fourth-order valence-electron chi connectivity index (χ4n) is 1.17. The van der Waals surface area contributed by atoms with Gasteiger partial charge in [0.05, 0.1) is 11.8 Å². The zero-order valence-electron chi connectivity index (χ0n) is 9.23. The molecule has 1 amide bonds. The highest BCUT2D eigenvalue weighted by molar-refractivity contribution is 5.93. The van der Waals surface area contributed by atoms with Crippen LogP contribution >= 0.6 is 0 Å². The molecule has 0 saturated carbocycles. The lowest BCUT2D eigenvalue weighted by molar-refractivity contribution is 0.0952. The van der Waals surface area contributed by atoms with Gasteiger partial charge in [0, 0.05) is 25.3 Å². The maximum absolute atomic E-state index is 11.6. The standard InChI is InChI=1S/C10H18N4O/c1-3-14-7-9(6-13-14)10(15)12-5-4-8(2)11/h6-8H,3-5,11H2,1-2H3,(H,12,15). The predicted octanol–water partition coefficient (Wildman–Crippen LogP) is 0.370. The molecule has 1 heterocycles. The lowest BCUT2D eigenvalue weighted by Gasteiger charge is -2.05. The summed E-state index contributed by atoms with van der Waals surface area (Å²) in [5, 5.41) is 6.83. The highest BCUT2D eigenvalue weighted by atomic mass is 16.1. The Bertz CT molecular complexity index is 319. The second-order valence-electron chi connectivity index (χ2n) is 3.61. The van der Waals surface area contributed by atoms with E-state index in [9.17, 15) is 4.79 Å². The molecule has 1 aromatic heterocycles. The van der Waals surface area contributed by atoms with Gasteiger partial charge in [-0.05, 0) is 20.3 Å². The van der Waals surface area contributed by atoms with Gasteiger partial charge in [0.25, 0.3) is 5.91 Å². The molecule has 1 aromatic rings. The van der Waals surface area contributed by atoms with Crippen molar-refractivity contribution in [2.45, 2.75) is 32.9 Å². The highest BCUT2D eigenvalue weighted by Gasteiger charge is 2.07. The van der Waals surface area contributed by atoms with Crippen LogP contribution in [0.1, 0.15) is 30.6 Å². The molecule has 1 unspecified atom stereocenters. The van der Waals surface area contributed by atoms with Crippen LogP contribution in [0.3, 0.4) is 0 Å². The van der Waals surface area contributed by atoms with E-state index < -0.39 is 0 Å². The maximum atomic E-state index is 11.6. The first-order chi connectivity index (χ1) is 7.13. The van der Waals surface area contributed by atoms with Gasteiger partial charge in [-0.15, -0.1) is 0 Å². The minimum atomic E-state index is -0.0876. The molecule has 5 heteroatoms. The average Bonchev–Trinajstić information content (AvgIpc) is 2.65. The van der Waals surface area contributed by atoms with E-state index in [2.05, 4.69) is 10.4 Å². The van der Waals surface area contributed by atoms with E-state index in [4.69, 9.17) is 5.73 Å². The summed E-state index contributed by atoms with van der Waals surface area (Å²) in [6.07, 6.45) is 4.10. The van der Waals surface area contributed by atoms with Crippen LogP contribution in [0.2, 0.25) is 0 Å². The zero-order valence-corrected chi connectivity index (χ0v) is 9.23. The minimum Gasteiger partial charge on any atom is -0.352 e. The van der Waals surface area contributed by atoms with E-state index in [-0.39, 0.29) is 11.9 Å². The number of amides is 1. The molecule has 0 radical (unpaired) electrons. The number of hydrogen-bond acceptors (Lipinski definition) is 3. The van der Waals surface area contributed by atoms with Crippen LogP contribution in [-0.4, -0.2) is 28.3 Å². The van der Waals surface area contributed by atoms with Gasteiger partial charge >= 0.3 is 0 Å². The van der Waals surface area contributed by atoms with Crippen LogP contribution in [0, 0.1) is 0 Å². The molecular formula is C10H18N4O. The van der Waals surface area contributed by atoms with Gasteiger partial charge in [-0.1, -0.05) is 0 Å². The monoisotopic (exact) mass is 210 g/mol. The molecule has 0 aliphatic carbocycles. The SMILES string of the molecule is CCn1cc(C(=O)NCCC(C)N)cn1. The van der Waals surface area contributed by atoms with Crippen molar-refractivity contribution in [2.75, 3.05) is 6.54 Å². The molecule has 0 aromatic carbocycles. The first-order valence-corrected chi connectivity index (χ1v) is 5.19. The van der Waals surface area contributed by atoms with Gasteiger partial charge in [0.15, 0.2) is 0 Å². The first-order valence-electron chi connectivity index (χ1n) is 5.19. The fourth-order valence-corrected chi connectivity index (χ4v) is 1.17. The molecular weight excluding hydrogens is 192 g/mol. The number of nitrogens with two attached hydrogens (primary N) is 1. The molecule has 15 heavy (non-hydrogen) atoms. The molecule has 0 saturated heterocycles. The molecule has 84 valence electrons. The third kappa shape index (κ3) is 3.71. The number of rotatable bonds is 5. The Morgan fingerprint density at radius 3 is 3.00 bits per heavy atom. The van der Waals surface area contributed by atoms with Crippen molar-refractivity contribution in [3.8, 4) is 0 Å². The topological polar surface area (TPSA) is 72.9 Å². The predicted molar refractivity (Wildman–Crippen MR) is 58.5 cm³/mol. The van der Waals surface area contributed by atoms with Gasteiger partial charge in [-0.3, -0.25) is 9.48 Å². The lowest BCUT2D eigenvalue weighted by Crippen LogP contribution is -2.28. The van der Waals surface area contributed by atoms with Crippen LogP contribution in [0.4, 0.5) is 0 Å². The quantitative estimate of drug-likeness (QED) is 0.737. The second-order valence-corrected chi connectivity index (χ2v) is 3.61. The lowest BCUT2D eigenvalue weighted by atomic mass is 10.2. The summed E-state index contributed by atoms with van der Waals surface area (Å²) in [6, 6.07) is 0.115. The summed E-state index contributed by atoms with van der Waals surface area (Å²) in [5.74, 6) is -0.0876. The van der Waals surface area contributed by atoms with Crippen molar-refractivity contribution in [3.63, 3.8) is 0 Å². The number of aromatic nitrogens is 2. The molecule has 1 rings (SSSR count). The van der Waals surface area contributed by atoms with Crippen molar-refractivity contribution < 1.29 is 4.79 Å². The average molecular weight is 210 g/mol. The van der Waals surface area contributed by atoms with E-state index in [1.54, 1.807) is 17.1 Å². The zero-order chi connectivity index (χ0) is 11.3. The van der Waals surface area contributed by atoms with E-state index in [1.807, 2.05) is 13.8 Å². The molecule has 0 aliphatic rings. The molecule has 0 fully saturated rings. The van der Waals surface area contributed by atoms with E-state index >= 15 is 0 Å². The molecule has 0 spiro atoms. The van der Waals surface area contributed by atoms with Crippen molar-refractivity contribution in [3.05, 3.63) is 18.0 Å². The first kappa shape index (κ1) is 11.7. The van der Waals surface area contributed by atoms with Gasteiger partial charge in [-0.2, -0.15) is 5.10 Å². The van der Waals surface area contributed by atoms with Crippen molar-refractivity contribution in [1.82, 2.24) is 15.1 Å². The van der Waals surface area contributed by atoms with Crippen LogP contribution in [0.15, 0.2) is 12.4 Å². The molecule has 0 aliphatic heterocycles. The smallest absolute Gasteiger partial charge is 0.254 e. The largest absolute Gasteiger partial charge is 0.352 e. The Morgan fingerprint density at radius 2 is 2.47 bits per heavy atom. The number of carbonyl (C=O) groups excluding carboxylic acids is 1. The Labute approximate surface area is 89.6 Å². The number of nitrogens with one attached hydrogen (secondary N) is 1. The van der Waals surface area contributed by atoms with E-state index in [0.29, 0.717) is 12.1 Å². The minimum absolute atomic E-state index is 0.0876. The van der Waals surface area contributed by atoms with Crippen molar-refractivity contribution >= 4 is 5.91 Å².